The van der Waals surface area contributed by atoms with Crippen molar-refractivity contribution in [1.29, 1.82) is 0 Å². The first-order valence-electron chi connectivity index (χ1n) is 5.65. The normalized spacial score (nSPS) is 22.8. The van der Waals surface area contributed by atoms with E-state index in [0.717, 1.165) is 5.56 Å². The van der Waals surface area contributed by atoms with Gasteiger partial charge in [-0.2, -0.15) is 0 Å². The van der Waals surface area contributed by atoms with Gasteiger partial charge in [0.2, 0.25) is 11.8 Å². The molecule has 0 bridgehead atoms. The molecule has 0 saturated heterocycles. The number of primary amides is 2. The molecule has 4 heteroatoms. The van der Waals surface area contributed by atoms with Crippen molar-refractivity contribution in [2.45, 2.75) is 19.3 Å². The highest BCUT2D eigenvalue weighted by atomic mass is 16.2. The van der Waals surface area contributed by atoms with Crippen LogP contribution in [0.2, 0.25) is 0 Å². The zero-order valence-corrected chi connectivity index (χ0v) is 9.72. The second kappa shape index (κ2) is 3.87. The average molecular weight is 232 g/mol. The summed E-state index contributed by atoms with van der Waals surface area (Å²) in [4.78, 5) is 22.8. The fourth-order valence-electron chi connectivity index (χ4n) is 2.57. The second-order valence-corrected chi connectivity index (χ2v) is 4.71. The summed E-state index contributed by atoms with van der Waals surface area (Å²) in [5, 5.41) is 0. The van der Waals surface area contributed by atoms with Crippen LogP contribution in [0.5, 0.6) is 0 Å². The molecule has 1 aliphatic carbocycles. The van der Waals surface area contributed by atoms with E-state index in [9.17, 15) is 9.59 Å². The van der Waals surface area contributed by atoms with Gasteiger partial charge >= 0.3 is 0 Å². The molecule has 1 aromatic rings. The monoisotopic (exact) mass is 232 g/mol. The highest BCUT2D eigenvalue weighted by Crippen LogP contribution is 2.58. The lowest BCUT2D eigenvalue weighted by molar-refractivity contribution is -0.134. The van der Waals surface area contributed by atoms with E-state index < -0.39 is 17.2 Å². The Hall–Kier alpha value is -1.84. The lowest BCUT2D eigenvalue weighted by atomic mass is 9.89. The average Bonchev–Trinajstić information content (AvgIpc) is 3.06. The van der Waals surface area contributed by atoms with Crippen molar-refractivity contribution in [2.24, 2.45) is 22.8 Å². The summed E-state index contributed by atoms with van der Waals surface area (Å²) in [6.07, 6.45) is 0.466. The number of nitrogens with two attached hydrogens (primary N) is 2. The molecule has 4 N–H and O–H groups in total. The van der Waals surface area contributed by atoms with E-state index in [2.05, 4.69) is 0 Å². The molecule has 17 heavy (non-hydrogen) atoms. The van der Waals surface area contributed by atoms with Gasteiger partial charge in [-0.05, 0) is 23.8 Å². The third-order valence-electron chi connectivity index (χ3n) is 3.82. The first-order valence-corrected chi connectivity index (χ1v) is 5.65. The summed E-state index contributed by atoms with van der Waals surface area (Å²) < 4.78 is 0. The van der Waals surface area contributed by atoms with Crippen molar-refractivity contribution in [3.8, 4) is 0 Å². The number of hydrogen-bond acceptors (Lipinski definition) is 2. The van der Waals surface area contributed by atoms with Gasteiger partial charge in [0.15, 0.2) is 0 Å². The van der Waals surface area contributed by atoms with E-state index in [4.69, 9.17) is 11.5 Å². The van der Waals surface area contributed by atoms with Crippen LogP contribution >= 0.6 is 0 Å². The van der Waals surface area contributed by atoms with Crippen molar-refractivity contribution in [1.82, 2.24) is 0 Å². The molecule has 2 rings (SSSR count). The Morgan fingerprint density at radius 3 is 2.18 bits per heavy atom. The summed E-state index contributed by atoms with van der Waals surface area (Å²) in [5.41, 5.74) is 10.6. The van der Waals surface area contributed by atoms with Crippen molar-refractivity contribution in [3.63, 3.8) is 0 Å². The van der Waals surface area contributed by atoms with E-state index in [1.54, 1.807) is 0 Å². The summed E-state index contributed by atoms with van der Waals surface area (Å²) in [5.74, 6) is -1.16. The van der Waals surface area contributed by atoms with E-state index >= 15 is 0 Å². The van der Waals surface area contributed by atoms with Crippen LogP contribution in [0.1, 0.15) is 24.8 Å². The number of carbonyl (C=O) groups excluding carboxylic acids is 2. The Bertz CT molecular complexity index is 442. The predicted molar refractivity (Wildman–Crippen MR) is 63.8 cm³/mol. The fourth-order valence-corrected chi connectivity index (χ4v) is 2.57. The van der Waals surface area contributed by atoms with Crippen LogP contribution < -0.4 is 11.5 Å². The van der Waals surface area contributed by atoms with Gasteiger partial charge in [0.25, 0.3) is 0 Å². The minimum Gasteiger partial charge on any atom is -0.369 e. The van der Waals surface area contributed by atoms with Gasteiger partial charge in [-0.1, -0.05) is 37.3 Å². The van der Waals surface area contributed by atoms with E-state index in [0.29, 0.717) is 6.42 Å². The van der Waals surface area contributed by atoms with E-state index in [1.807, 2.05) is 37.3 Å². The van der Waals surface area contributed by atoms with Crippen molar-refractivity contribution < 1.29 is 9.59 Å². The van der Waals surface area contributed by atoms with Crippen molar-refractivity contribution >= 4 is 11.8 Å². The van der Waals surface area contributed by atoms with Crippen molar-refractivity contribution in [2.75, 3.05) is 0 Å². The van der Waals surface area contributed by atoms with Gasteiger partial charge in [0, 0.05) is 0 Å². The maximum atomic E-state index is 11.4. The summed E-state index contributed by atoms with van der Waals surface area (Å²) in [6.45, 7) is 1.99. The van der Waals surface area contributed by atoms with Gasteiger partial charge in [0.1, 0.15) is 5.41 Å². The van der Waals surface area contributed by atoms with Crippen LogP contribution in [0.3, 0.4) is 0 Å². The van der Waals surface area contributed by atoms with Gasteiger partial charge in [0.05, 0.1) is 0 Å². The van der Waals surface area contributed by atoms with Crippen LogP contribution in [0, 0.1) is 11.3 Å². The van der Waals surface area contributed by atoms with Gasteiger partial charge in [-0.25, -0.2) is 0 Å². The third-order valence-corrected chi connectivity index (χ3v) is 3.82. The molecule has 2 amide bonds. The van der Waals surface area contributed by atoms with Crippen molar-refractivity contribution in [3.05, 3.63) is 35.9 Å². The van der Waals surface area contributed by atoms with Crippen LogP contribution in [0.15, 0.2) is 30.3 Å². The lowest BCUT2D eigenvalue weighted by Gasteiger charge is -2.15. The first kappa shape index (κ1) is 11.6. The maximum Gasteiger partial charge on any atom is 0.233 e. The van der Waals surface area contributed by atoms with E-state index in [-0.39, 0.29) is 11.8 Å². The molecule has 0 aliphatic heterocycles. The highest BCUT2D eigenvalue weighted by Gasteiger charge is 2.65. The number of carbonyl (C=O) groups is 2. The molecule has 1 aliphatic rings. The molecule has 1 saturated carbocycles. The second-order valence-electron chi connectivity index (χ2n) is 4.71. The molecule has 4 nitrogen and oxygen atoms in total. The molecule has 90 valence electrons. The van der Waals surface area contributed by atoms with Crippen LogP contribution in [-0.4, -0.2) is 11.8 Å². The topological polar surface area (TPSA) is 86.2 Å². The molecule has 0 heterocycles. The number of rotatable bonds is 4. The molecule has 0 spiro atoms. The molecule has 0 aromatic heterocycles. The predicted octanol–water partition coefficient (Wildman–Crippen LogP) is 0.767. The minimum atomic E-state index is -1.13. The van der Waals surface area contributed by atoms with Gasteiger partial charge in [-0.15, -0.1) is 0 Å². The Balaban J connectivity index is 2.22. The van der Waals surface area contributed by atoms with Gasteiger partial charge < -0.3 is 11.5 Å². The summed E-state index contributed by atoms with van der Waals surface area (Å²) in [7, 11) is 0. The Morgan fingerprint density at radius 1 is 1.24 bits per heavy atom. The largest absolute Gasteiger partial charge is 0.369 e. The Morgan fingerprint density at radius 2 is 1.76 bits per heavy atom. The standard InChI is InChI=1S/C13H16N2O2/c1-8(9-5-3-2-4-6-9)10-7-13(10,11(14)16)12(15)17/h2-6,8,10H,7H2,1H3,(H2,14,16)(H2,15,17). The smallest absolute Gasteiger partial charge is 0.233 e. The number of benzene rings is 1. The molecular formula is C13H16N2O2. The van der Waals surface area contributed by atoms with Crippen LogP contribution in [0.4, 0.5) is 0 Å². The Labute approximate surface area is 100.0 Å². The molecule has 1 aromatic carbocycles. The molecule has 2 unspecified atom stereocenters. The first-order chi connectivity index (χ1) is 8.00. The zero-order valence-electron chi connectivity index (χ0n) is 9.72. The zero-order chi connectivity index (χ0) is 12.6. The number of hydrogen-bond donors (Lipinski definition) is 2. The van der Waals surface area contributed by atoms with Crippen LogP contribution in [-0.2, 0) is 9.59 Å². The molecule has 1 fully saturated rings. The molecule has 0 radical (unpaired) electrons. The SMILES string of the molecule is CC(c1ccccc1)C1CC1(C(N)=O)C(N)=O. The maximum absolute atomic E-state index is 11.4. The number of amides is 2. The third kappa shape index (κ3) is 1.69. The van der Waals surface area contributed by atoms with Gasteiger partial charge in [-0.3, -0.25) is 9.59 Å². The summed E-state index contributed by atoms with van der Waals surface area (Å²) in [6, 6.07) is 9.76. The molecule has 2 atom stereocenters. The quantitative estimate of drug-likeness (QED) is 0.751. The lowest BCUT2D eigenvalue weighted by Crippen LogP contribution is -2.39. The van der Waals surface area contributed by atoms with E-state index in [1.165, 1.54) is 0 Å². The minimum absolute atomic E-state index is 0.0695. The van der Waals surface area contributed by atoms with Crippen LogP contribution in [0.25, 0.3) is 0 Å². The molecular weight excluding hydrogens is 216 g/mol. The Kier molecular flexibility index (Phi) is 2.65. The fraction of sp³-hybridized carbons (Fsp3) is 0.385. The highest BCUT2D eigenvalue weighted by molar-refractivity contribution is 6.07. The summed E-state index contributed by atoms with van der Waals surface area (Å²) >= 11 is 0.